The van der Waals surface area contributed by atoms with Crippen LogP contribution in [0.2, 0.25) is 0 Å². The van der Waals surface area contributed by atoms with E-state index in [2.05, 4.69) is 30.1 Å². The van der Waals surface area contributed by atoms with Crippen molar-refractivity contribution in [2.45, 2.75) is 13.0 Å². The first kappa shape index (κ1) is 10.4. The average Bonchev–Trinajstić information content (AvgIpc) is 2.04. The topological polar surface area (TPSA) is 3.24 Å². The van der Waals surface area contributed by atoms with Crippen LogP contribution in [0.5, 0.6) is 0 Å². The van der Waals surface area contributed by atoms with E-state index in [0.717, 1.165) is 6.54 Å². The summed E-state index contributed by atoms with van der Waals surface area (Å²) in [6.07, 6.45) is 1.18. The van der Waals surface area contributed by atoms with Gasteiger partial charge in [-0.2, -0.15) is 29.8 Å². The Morgan fingerprint density at radius 3 is 3.08 bits per heavy atom. The van der Waals surface area contributed by atoms with E-state index in [1.165, 1.54) is 24.1 Å². The Bertz CT molecular complexity index is 260. The normalized spacial score (nSPS) is 16.4. The fourth-order valence-electron chi connectivity index (χ4n) is 1.57. The van der Waals surface area contributed by atoms with Crippen LogP contribution in [0.1, 0.15) is 11.1 Å². The Labute approximate surface area is 99.0 Å². The van der Waals surface area contributed by atoms with Crippen molar-refractivity contribution in [1.29, 1.82) is 0 Å². The molecular weight excluding hydrogens is 223 g/mol. The molecule has 0 unspecified atom stereocenters. The number of nitrogens with zero attached hydrogens (tertiary/aromatic N) is 1. The van der Waals surface area contributed by atoms with Crippen molar-refractivity contribution >= 4 is 0 Å². The van der Waals surface area contributed by atoms with Gasteiger partial charge in [0.1, 0.15) is 0 Å². The maximum absolute atomic E-state index is 3.12. The molecule has 1 aliphatic heterocycles. The molecule has 1 heterocycles. The molecule has 61 valence electrons. The van der Waals surface area contributed by atoms with Crippen LogP contribution in [0, 0.1) is 6.07 Å². The minimum atomic E-state index is 0. The van der Waals surface area contributed by atoms with Crippen molar-refractivity contribution < 1.29 is 32.7 Å². The van der Waals surface area contributed by atoms with Gasteiger partial charge in [0.25, 0.3) is 0 Å². The largest absolute Gasteiger partial charge is 0.305 e. The second kappa shape index (κ2) is 4.50. The van der Waals surface area contributed by atoms with Crippen LogP contribution in [0.3, 0.4) is 0 Å². The molecule has 2 heteroatoms. The van der Waals surface area contributed by atoms with E-state index in [0.29, 0.717) is 0 Å². The molecule has 1 aromatic rings. The molecule has 0 saturated heterocycles. The molecule has 0 N–H and O–H groups in total. The van der Waals surface area contributed by atoms with Gasteiger partial charge in [0.2, 0.25) is 0 Å². The quantitative estimate of drug-likeness (QED) is 0.615. The van der Waals surface area contributed by atoms with Crippen LogP contribution in [-0.4, -0.2) is 18.5 Å². The Hall–Kier alpha value is 0.284. The maximum atomic E-state index is 3.12. The van der Waals surface area contributed by atoms with E-state index in [-0.39, 0.29) is 32.7 Å². The molecule has 12 heavy (non-hydrogen) atoms. The molecule has 0 aromatic heterocycles. The summed E-state index contributed by atoms with van der Waals surface area (Å²) in [5.41, 5.74) is 2.95. The van der Waals surface area contributed by atoms with Crippen molar-refractivity contribution in [3.63, 3.8) is 0 Å². The van der Waals surface area contributed by atoms with Crippen molar-refractivity contribution in [2.75, 3.05) is 13.6 Å². The number of benzene rings is 1. The summed E-state index contributed by atoms with van der Waals surface area (Å²) in [5.74, 6) is 0. The average molecular weight is 235 g/mol. The van der Waals surface area contributed by atoms with E-state index in [9.17, 15) is 0 Å². The smallest absolute Gasteiger partial charge is 0.00105 e. The Kier molecular flexibility index (Phi) is 3.89. The third kappa shape index (κ3) is 2.15. The summed E-state index contributed by atoms with van der Waals surface area (Å²) in [6.45, 7) is 2.29. The fourth-order valence-corrected chi connectivity index (χ4v) is 1.57. The molecule has 0 fully saturated rings. The van der Waals surface area contributed by atoms with Gasteiger partial charge in [0, 0.05) is 39.3 Å². The van der Waals surface area contributed by atoms with E-state index >= 15 is 0 Å². The number of rotatable bonds is 0. The van der Waals surface area contributed by atoms with Crippen LogP contribution < -0.4 is 0 Å². The molecule has 2 rings (SSSR count). The zero-order valence-corrected chi connectivity index (χ0v) is 10.2. The van der Waals surface area contributed by atoms with Crippen LogP contribution in [0.15, 0.2) is 18.2 Å². The molecule has 0 saturated carbocycles. The molecule has 1 aromatic carbocycles. The third-order valence-electron chi connectivity index (χ3n) is 2.25. The van der Waals surface area contributed by atoms with Gasteiger partial charge in [-0.05, 0) is 13.6 Å². The van der Waals surface area contributed by atoms with Gasteiger partial charge in [-0.15, -0.1) is 5.56 Å². The van der Waals surface area contributed by atoms with E-state index in [1.54, 1.807) is 0 Å². The van der Waals surface area contributed by atoms with Crippen molar-refractivity contribution in [1.82, 2.24) is 4.90 Å². The molecule has 0 bridgehead atoms. The minimum Gasteiger partial charge on any atom is -0.305 e. The number of hydrogen-bond acceptors (Lipinski definition) is 1. The predicted molar refractivity (Wildman–Crippen MR) is 45.3 cm³/mol. The van der Waals surface area contributed by atoms with Gasteiger partial charge >= 0.3 is 0 Å². The number of likely N-dealkylation sites (N-methyl/N-ethyl adjacent to an activating group) is 1. The third-order valence-corrected chi connectivity index (χ3v) is 2.25. The first-order chi connectivity index (χ1) is 5.36. The van der Waals surface area contributed by atoms with E-state index in [1.807, 2.05) is 6.07 Å². The van der Waals surface area contributed by atoms with Crippen LogP contribution in [-0.2, 0) is 45.7 Å². The molecule has 1 radical (unpaired) electrons. The second-order valence-corrected chi connectivity index (χ2v) is 3.18. The van der Waals surface area contributed by atoms with Gasteiger partial charge < -0.3 is 4.90 Å². The van der Waals surface area contributed by atoms with E-state index < -0.39 is 0 Å². The zero-order valence-electron chi connectivity index (χ0n) is 7.38. The molecular formula is C10H12NY-. The van der Waals surface area contributed by atoms with Crippen molar-refractivity contribution in [3.8, 4) is 0 Å². The number of fused-ring (bicyclic) bond motifs is 1. The van der Waals surface area contributed by atoms with Gasteiger partial charge in [0.05, 0.1) is 0 Å². The Balaban J connectivity index is 0.000000720. The van der Waals surface area contributed by atoms with Crippen LogP contribution >= 0.6 is 0 Å². The van der Waals surface area contributed by atoms with E-state index in [4.69, 9.17) is 0 Å². The van der Waals surface area contributed by atoms with Crippen LogP contribution in [0.25, 0.3) is 0 Å². The Morgan fingerprint density at radius 1 is 1.42 bits per heavy atom. The standard InChI is InChI=1S/C10H12N.Y/c1-11-7-6-9-4-2-3-5-10(9)8-11;/h3-5H,6-8H2,1H3;/q-1;. The summed E-state index contributed by atoms with van der Waals surface area (Å²) < 4.78 is 0. The second-order valence-electron chi connectivity index (χ2n) is 3.18. The van der Waals surface area contributed by atoms with Gasteiger partial charge in [-0.1, -0.05) is 6.42 Å². The maximum Gasteiger partial charge on any atom is 0.00105 e. The fraction of sp³-hybridized carbons (Fsp3) is 0.400. The minimum absolute atomic E-state index is 0. The zero-order chi connectivity index (χ0) is 7.68. The molecule has 0 atom stereocenters. The van der Waals surface area contributed by atoms with Gasteiger partial charge in [-0.25, -0.2) is 0 Å². The summed E-state index contributed by atoms with van der Waals surface area (Å²) in [5, 5.41) is 0. The first-order valence-electron chi connectivity index (χ1n) is 4.02. The van der Waals surface area contributed by atoms with Crippen molar-refractivity contribution in [3.05, 3.63) is 35.4 Å². The monoisotopic (exact) mass is 235 g/mol. The van der Waals surface area contributed by atoms with Crippen molar-refractivity contribution in [2.24, 2.45) is 0 Å². The molecule has 0 spiro atoms. The summed E-state index contributed by atoms with van der Waals surface area (Å²) in [6, 6.07) is 9.40. The number of hydrogen-bond donors (Lipinski definition) is 0. The molecule has 1 aliphatic rings. The van der Waals surface area contributed by atoms with Gasteiger partial charge in [-0.3, -0.25) is 0 Å². The molecule has 0 aliphatic carbocycles. The molecule has 0 amide bonds. The SMILES string of the molecule is CN1CCc2c[c-]ccc2C1.[Y]. The first-order valence-corrected chi connectivity index (χ1v) is 4.02. The molecule has 1 nitrogen and oxygen atoms in total. The Morgan fingerprint density at radius 2 is 2.25 bits per heavy atom. The van der Waals surface area contributed by atoms with Crippen LogP contribution in [0.4, 0.5) is 0 Å². The van der Waals surface area contributed by atoms with Gasteiger partial charge in [0.15, 0.2) is 0 Å². The predicted octanol–water partition coefficient (Wildman–Crippen LogP) is 1.47. The summed E-state index contributed by atoms with van der Waals surface area (Å²) in [4.78, 5) is 2.35. The summed E-state index contributed by atoms with van der Waals surface area (Å²) in [7, 11) is 2.17. The summed E-state index contributed by atoms with van der Waals surface area (Å²) >= 11 is 0.